The largest absolute Gasteiger partial charge is 0.388 e. The molecule has 2 aromatic rings. The smallest absolute Gasteiger partial charge is 0.0806 e. The Labute approximate surface area is 130 Å². The average Bonchev–Trinajstić information content (AvgIpc) is 2.96. The van der Waals surface area contributed by atoms with Crippen LogP contribution in [0.25, 0.3) is 0 Å². The number of nitrogens with zero attached hydrogens (tertiary/aromatic N) is 1. The molecule has 1 N–H and O–H groups in total. The van der Waals surface area contributed by atoms with E-state index in [1.807, 2.05) is 12.1 Å². The number of para-hydroxylation sites is 1. The Hall–Kier alpha value is -1.45. The number of thioether (sulfide) groups is 1. The first-order valence-corrected chi connectivity index (χ1v) is 8.65. The number of anilines is 1. The van der Waals surface area contributed by atoms with Crippen LogP contribution in [0, 0.1) is 0 Å². The minimum atomic E-state index is -0.381. The molecular formula is C18H21NOS. The number of rotatable bonds is 5. The topological polar surface area (TPSA) is 23.5 Å². The maximum Gasteiger partial charge on any atom is 0.0806 e. The Bertz CT molecular complexity index is 596. The number of aliphatic hydroxyl groups excluding tert-OH is 1. The molecule has 0 amide bonds. The predicted molar refractivity (Wildman–Crippen MR) is 90.2 cm³/mol. The van der Waals surface area contributed by atoms with E-state index < -0.39 is 0 Å². The third kappa shape index (κ3) is 3.25. The van der Waals surface area contributed by atoms with Gasteiger partial charge in [0.05, 0.1) is 6.10 Å². The monoisotopic (exact) mass is 299 g/mol. The van der Waals surface area contributed by atoms with Crippen LogP contribution >= 0.6 is 11.8 Å². The Morgan fingerprint density at radius 2 is 1.90 bits per heavy atom. The minimum Gasteiger partial charge on any atom is -0.388 e. The van der Waals surface area contributed by atoms with Gasteiger partial charge in [0, 0.05) is 23.7 Å². The summed E-state index contributed by atoms with van der Waals surface area (Å²) in [4.78, 5) is 3.62. The van der Waals surface area contributed by atoms with Crippen LogP contribution in [-0.4, -0.2) is 24.5 Å². The van der Waals surface area contributed by atoms with Crippen molar-refractivity contribution in [1.82, 2.24) is 0 Å². The van der Waals surface area contributed by atoms with Crippen molar-refractivity contribution in [2.45, 2.75) is 23.8 Å². The Morgan fingerprint density at radius 3 is 2.67 bits per heavy atom. The molecular weight excluding hydrogens is 278 g/mol. The zero-order valence-corrected chi connectivity index (χ0v) is 13.1. The first kappa shape index (κ1) is 14.5. The molecule has 21 heavy (non-hydrogen) atoms. The highest BCUT2D eigenvalue weighted by molar-refractivity contribution is 7.98. The molecule has 1 heterocycles. The van der Waals surface area contributed by atoms with E-state index >= 15 is 0 Å². The van der Waals surface area contributed by atoms with Crippen molar-refractivity contribution in [2.24, 2.45) is 0 Å². The molecule has 0 spiro atoms. The zero-order chi connectivity index (χ0) is 14.7. The number of benzene rings is 2. The normalized spacial score (nSPS) is 15.0. The molecule has 0 saturated carbocycles. The first-order chi connectivity index (χ1) is 10.3. The van der Waals surface area contributed by atoms with Gasteiger partial charge in [0.2, 0.25) is 0 Å². The SMILES string of the molecule is CSc1ccc(C(O)CCN2CCc3ccccc32)cc1. The standard InChI is InChI=1S/C18H21NOS/c1-21-16-8-6-15(7-9-16)18(20)11-13-19-12-10-14-4-2-3-5-17(14)19/h2-9,18,20H,10-13H2,1H3. The van der Waals surface area contributed by atoms with E-state index in [4.69, 9.17) is 0 Å². The molecule has 2 aromatic carbocycles. The molecule has 110 valence electrons. The van der Waals surface area contributed by atoms with Gasteiger partial charge in [-0.05, 0) is 48.4 Å². The van der Waals surface area contributed by atoms with Crippen molar-refractivity contribution in [3.63, 3.8) is 0 Å². The van der Waals surface area contributed by atoms with Crippen LogP contribution in [0.4, 0.5) is 5.69 Å². The number of fused-ring (bicyclic) bond motifs is 1. The van der Waals surface area contributed by atoms with Gasteiger partial charge < -0.3 is 10.0 Å². The second-order valence-corrected chi connectivity index (χ2v) is 6.32. The van der Waals surface area contributed by atoms with E-state index in [1.54, 1.807) is 11.8 Å². The number of aliphatic hydroxyl groups is 1. The highest BCUT2D eigenvalue weighted by Crippen LogP contribution is 2.29. The highest BCUT2D eigenvalue weighted by atomic mass is 32.2. The van der Waals surface area contributed by atoms with Crippen molar-refractivity contribution in [3.8, 4) is 0 Å². The summed E-state index contributed by atoms with van der Waals surface area (Å²) in [6.45, 7) is 1.97. The van der Waals surface area contributed by atoms with E-state index in [-0.39, 0.29) is 6.10 Å². The van der Waals surface area contributed by atoms with E-state index in [0.29, 0.717) is 0 Å². The molecule has 1 aliphatic rings. The quantitative estimate of drug-likeness (QED) is 0.847. The van der Waals surface area contributed by atoms with E-state index in [9.17, 15) is 5.11 Å². The van der Waals surface area contributed by atoms with Crippen LogP contribution < -0.4 is 4.90 Å². The van der Waals surface area contributed by atoms with Gasteiger partial charge in [-0.25, -0.2) is 0 Å². The Morgan fingerprint density at radius 1 is 1.14 bits per heavy atom. The van der Waals surface area contributed by atoms with Gasteiger partial charge in [0.15, 0.2) is 0 Å². The third-order valence-corrected chi connectivity index (χ3v) is 4.90. The van der Waals surface area contributed by atoms with Gasteiger partial charge in [0.25, 0.3) is 0 Å². The van der Waals surface area contributed by atoms with Crippen molar-refractivity contribution in [2.75, 3.05) is 24.2 Å². The number of hydrogen-bond donors (Lipinski definition) is 1. The lowest BCUT2D eigenvalue weighted by Gasteiger charge is -2.21. The summed E-state index contributed by atoms with van der Waals surface area (Å²) in [7, 11) is 0. The molecule has 3 rings (SSSR count). The van der Waals surface area contributed by atoms with Crippen LogP contribution in [0.15, 0.2) is 53.4 Å². The van der Waals surface area contributed by atoms with Gasteiger partial charge in [-0.1, -0.05) is 30.3 Å². The summed E-state index contributed by atoms with van der Waals surface area (Å²) >= 11 is 1.73. The predicted octanol–water partition coefficient (Wildman–Crippen LogP) is 3.89. The van der Waals surface area contributed by atoms with Crippen LogP contribution in [-0.2, 0) is 6.42 Å². The summed E-state index contributed by atoms with van der Waals surface area (Å²) in [5, 5.41) is 10.4. The molecule has 1 aliphatic heterocycles. The molecule has 0 fully saturated rings. The summed E-state index contributed by atoms with van der Waals surface area (Å²) < 4.78 is 0. The maximum absolute atomic E-state index is 10.4. The first-order valence-electron chi connectivity index (χ1n) is 7.43. The van der Waals surface area contributed by atoms with E-state index in [0.717, 1.165) is 31.5 Å². The van der Waals surface area contributed by atoms with Crippen molar-refractivity contribution >= 4 is 17.4 Å². The van der Waals surface area contributed by atoms with Gasteiger partial charge >= 0.3 is 0 Å². The lowest BCUT2D eigenvalue weighted by molar-refractivity contribution is 0.169. The van der Waals surface area contributed by atoms with Gasteiger partial charge in [-0.15, -0.1) is 11.8 Å². The fourth-order valence-electron chi connectivity index (χ4n) is 2.91. The summed E-state index contributed by atoms with van der Waals surface area (Å²) in [6.07, 6.45) is 3.58. The molecule has 2 nitrogen and oxygen atoms in total. The maximum atomic E-state index is 10.4. The molecule has 0 radical (unpaired) electrons. The molecule has 0 saturated heterocycles. The third-order valence-electron chi connectivity index (χ3n) is 4.16. The lowest BCUT2D eigenvalue weighted by Crippen LogP contribution is -2.23. The second kappa shape index (κ2) is 6.54. The van der Waals surface area contributed by atoms with E-state index in [2.05, 4.69) is 47.6 Å². The summed E-state index contributed by atoms with van der Waals surface area (Å²) in [6, 6.07) is 16.8. The molecule has 1 atom stereocenters. The molecule has 3 heteroatoms. The molecule has 0 bridgehead atoms. The molecule has 0 aliphatic carbocycles. The van der Waals surface area contributed by atoms with Gasteiger partial charge in [-0.3, -0.25) is 0 Å². The van der Waals surface area contributed by atoms with E-state index in [1.165, 1.54) is 16.1 Å². The van der Waals surface area contributed by atoms with Crippen molar-refractivity contribution < 1.29 is 5.11 Å². The number of hydrogen-bond acceptors (Lipinski definition) is 3. The van der Waals surface area contributed by atoms with Crippen LogP contribution in [0.1, 0.15) is 23.7 Å². The average molecular weight is 299 g/mol. The minimum absolute atomic E-state index is 0.381. The summed E-state index contributed by atoms with van der Waals surface area (Å²) in [5.41, 5.74) is 3.78. The second-order valence-electron chi connectivity index (χ2n) is 5.44. The van der Waals surface area contributed by atoms with Crippen LogP contribution in [0.5, 0.6) is 0 Å². The zero-order valence-electron chi connectivity index (χ0n) is 12.3. The summed E-state index contributed by atoms with van der Waals surface area (Å²) in [5.74, 6) is 0. The van der Waals surface area contributed by atoms with Crippen LogP contribution in [0.2, 0.25) is 0 Å². The Kier molecular flexibility index (Phi) is 4.51. The molecule has 0 aromatic heterocycles. The van der Waals surface area contributed by atoms with Crippen molar-refractivity contribution in [1.29, 1.82) is 0 Å². The fourth-order valence-corrected chi connectivity index (χ4v) is 3.32. The van der Waals surface area contributed by atoms with Gasteiger partial charge in [0.1, 0.15) is 0 Å². The Balaban J connectivity index is 1.60. The highest BCUT2D eigenvalue weighted by Gasteiger charge is 2.19. The van der Waals surface area contributed by atoms with Gasteiger partial charge in [-0.2, -0.15) is 0 Å². The fraction of sp³-hybridized carbons (Fsp3) is 0.333. The van der Waals surface area contributed by atoms with Crippen LogP contribution in [0.3, 0.4) is 0 Å². The lowest BCUT2D eigenvalue weighted by atomic mass is 10.1. The van der Waals surface area contributed by atoms with Crippen molar-refractivity contribution in [3.05, 3.63) is 59.7 Å². The molecule has 1 unspecified atom stereocenters.